The van der Waals surface area contributed by atoms with Crippen molar-refractivity contribution in [1.29, 1.82) is 0 Å². The molecule has 0 spiro atoms. The fourth-order valence-corrected chi connectivity index (χ4v) is 4.55. The van der Waals surface area contributed by atoms with Crippen molar-refractivity contribution in [2.24, 2.45) is 0 Å². The van der Waals surface area contributed by atoms with Crippen LogP contribution >= 0.6 is 0 Å². The van der Waals surface area contributed by atoms with Crippen molar-refractivity contribution < 1.29 is 14.7 Å². The minimum Gasteiger partial charge on any atom is -0.396 e. The summed E-state index contributed by atoms with van der Waals surface area (Å²) in [6, 6.07) is 9.38. The van der Waals surface area contributed by atoms with Crippen molar-refractivity contribution in [3.8, 4) is 5.69 Å². The number of para-hydroxylation sites is 1. The van der Waals surface area contributed by atoms with Gasteiger partial charge in [-0.15, -0.1) is 5.10 Å². The van der Waals surface area contributed by atoms with E-state index in [1.807, 2.05) is 30.3 Å². The summed E-state index contributed by atoms with van der Waals surface area (Å²) in [5.41, 5.74) is 0.513. The molecule has 2 aliphatic heterocycles. The molecule has 3 heterocycles. The number of nitrogens with zero attached hydrogens (tertiary/aromatic N) is 4. The molecule has 0 radical (unpaired) electrons. The molecule has 1 aromatic heterocycles. The van der Waals surface area contributed by atoms with Gasteiger partial charge in [0.2, 0.25) is 5.91 Å². The maximum Gasteiger partial charge on any atom is 0.273 e. The number of benzene rings is 1. The summed E-state index contributed by atoms with van der Waals surface area (Å²) in [7, 11) is 0. The van der Waals surface area contributed by atoms with Crippen LogP contribution in [0.25, 0.3) is 5.69 Å². The highest BCUT2D eigenvalue weighted by Gasteiger charge is 2.52. The van der Waals surface area contributed by atoms with Gasteiger partial charge in [-0.2, -0.15) is 0 Å². The number of carbonyl (C=O) groups excluding carboxylic acids is 2. The normalized spacial score (nSPS) is 23.7. The number of aromatic nitrogens is 3. The molecule has 1 aromatic carbocycles. The van der Waals surface area contributed by atoms with Gasteiger partial charge in [0.25, 0.3) is 5.91 Å². The van der Waals surface area contributed by atoms with Gasteiger partial charge in [-0.3, -0.25) is 14.5 Å². The fourth-order valence-electron chi connectivity index (χ4n) is 4.55. The predicted octanol–water partition coefficient (Wildman–Crippen LogP) is 0.493. The number of amides is 2. The first kappa shape index (κ1) is 20.5. The average molecular weight is 412 g/mol. The van der Waals surface area contributed by atoms with E-state index in [0.29, 0.717) is 25.9 Å². The predicted molar refractivity (Wildman–Crippen MR) is 110 cm³/mol. The van der Waals surface area contributed by atoms with E-state index < -0.39 is 5.54 Å². The van der Waals surface area contributed by atoms with Crippen LogP contribution in [0.3, 0.4) is 0 Å². The Hall–Kier alpha value is -2.78. The van der Waals surface area contributed by atoms with Gasteiger partial charge in [0.05, 0.1) is 11.9 Å². The van der Waals surface area contributed by atoms with Crippen LogP contribution in [-0.2, 0) is 4.79 Å². The Morgan fingerprint density at radius 1 is 1.23 bits per heavy atom. The molecule has 2 aromatic rings. The van der Waals surface area contributed by atoms with E-state index in [2.05, 4.69) is 25.8 Å². The van der Waals surface area contributed by atoms with Crippen molar-refractivity contribution in [3.05, 3.63) is 42.2 Å². The molecule has 3 N–H and O–H groups in total. The summed E-state index contributed by atoms with van der Waals surface area (Å²) in [5, 5.41) is 23.0. The zero-order chi connectivity index (χ0) is 21.0. The van der Waals surface area contributed by atoms with Crippen LogP contribution in [0.1, 0.15) is 42.6 Å². The molecule has 2 aliphatic rings. The van der Waals surface area contributed by atoms with Crippen molar-refractivity contribution >= 4 is 11.8 Å². The second-order valence-electron chi connectivity index (χ2n) is 8.03. The number of hydrogen-bond donors (Lipinski definition) is 3. The average Bonchev–Trinajstić information content (AvgIpc) is 3.40. The van der Waals surface area contributed by atoms with Gasteiger partial charge in [-0.1, -0.05) is 23.4 Å². The van der Waals surface area contributed by atoms with Crippen molar-refractivity contribution in [2.45, 2.75) is 43.7 Å². The minimum absolute atomic E-state index is 0.00224. The summed E-state index contributed by atoms with van der Waals surface area (Å²) in [6.45, 7) is 2.01. The van der Waals surface area contributed by atoms with Crippen LogP contribution in [0.5, 0.6) is 0 Å². The Bertz CT molecular complexity index is 886. The topological polar surface area (TPSA) is 112 Å². The van der Waals surface area contributed by atoms with Crippen molar-refractivity contribution in [2.75, 3.05) is 26.2 Å². The molecule has 0 aliphatic carbocycles. The molecule has 9 heteroatoms. The van der Waals surface area contributed by atoms with E-state index in [1.165, 1.54) is 0 Å². The van der Waals surface area contributed by atoms with E-state index in [4.69, 9.17) is 5.11 Å². The van der Waals surface area contributed by atoms with E-state index in [1.54, 1.807) is 10.9 Å². The van der Waals surface area contributed by atoms with Gasteiger partial charge in [0.1, 0.15) is 5.54 Å². The molecule has 2 amide bonds. The lowest BCUT2D eigenvalue weighted by atomic mass is 9.84. The van der Waals surface area contributed by atoms with E-state index in [9.17, 15) is 9.59 Å². The van der Waals surface area contributed by atoms with Crippen LogP contribution in [0.2, 0.25) is 0 Å². The van der Waals surface area contributed by atoms with Crippen molar-refractivity contribution in [1.82, 2.24) is 30.5 Å². The maximum absolute atomic E-state index is 13.0. The van der Waals surface area contributed by atoms with E-state index >= 15 is 0 Å². The van der Waals surface area contributed by atoms with Gasteiger partial charge in [0, 0.05) is 25.7 Å². The van der Waals surface area contributed by atoms with Crippen LogP contribution in [0, 0.1) is 0 Å². The number of hydrogen-bond acceptors (Lipinski definition) is 6. The fraction of sp³-hybridized carbons (Fsp3) is 0.524. The third-order valence-electron chi connectivity index (χ3n) is 6.02. The first-order chi connectivity index (χ1) is 14.6. The van der Waals surface area contributed by atoms with Crippen molar-refractivity contribution in [3.63, 3.8) is 0 Å². The van der Waals surface area contributed by atoms with Gasteiger partial charge < -0.3 is 15.7 Å². The number of piperidine rings is 1. The quantitative estimate of drug-likeness (QED) is 0.571. The van der Waals surface area contributed by atoms with Gasteiger partial charge >= 0.3 is 0 Å². The largest absolute Gasteiger partial charge is 0.396 e. The van der Waals surface area contributed by atoms with E-state index in [-0.39, 0.29) is 30.2 Å². The molecule has 2 saturated heterocycles. The first-order valence-corrected chi connectivity index (χ1v) is 10.6. The Balaban J connectivity index is 1.42. The Labute approximate surface area is 175 Å². The Morgan fingerprint density at radius 3 is 2.87 bits per heavy atom. The molecule has 4 rings (SSSR count). The number of aliphatic hydroxyl groups excluding tert-OH is 1. The summed E-state index contributed by atoms with van der Waals surface area (Å²) in [6.07, 6.45) is 5.57. The van der Waals surface area contributed by atoms with E-state index in [0.717, 1.165) is 31.5 Å². The number of nitrogens with one attached hydrogen (secondary N) is 2. The summed E-state index contributed by atoms with van der Waals surface area (Å²) < 4.78 is 1.57. The summed E-state index contributed by atoms with van der Waals surface area (Å²) in [4.78, 5) is 27.9. The minimum atomic E-state index is -0.576. The Morgan fingerprint density at radius 2 is 2.07 bits per heavy atom. The van der Waals surface area contributed by atoms with Gasteiger partial charge in [-0.05, 0) is 50.8 Å². The molecule has 0 bridgehead atoms. The molecule has 0 unspecified atom stereocenters. The zero-order valence-corrected chi connectivity index (χ0v) is 17.0. The lowest BCUT2D eigenvalue weighted by Crippen LogP contribution is -2.57. The summed E-state index contributed by atoms with van der Waals surface area (Å²) in [5.74, 6) is -0.278. The van der Waals surface area contributed by atoms with Gasteiger partial charge in [0.15, 0.2) is 5.69 Å². The maximum atomic E-state index is 13.0. The second-order valence-corrected chi connectivity index (χ2v) is 8.03. The molecule has 0 saturated carbocycles. The monoisotopic (exact) mass is 412 g/mol. The number of aliphatic hydroxyl groups is 1. The molecular weight excluding hydrogens is 384 g/mol. The third kappa shape index (κ3) is 4.08. The van der Waals surface area contributed by atoms with Crippen LogP contribution in [0.15, 0.2) is 36.5 Å². The molecule has 30 heavy (non-hydrogen) atoms. The van der Waals surface area contributed by atoms with Crippen LogP contribution < -0.4 is 10.6 Å². The first-order valence-electron chi connectivity index (χ1n) is 10.6. The highest BCUT2D eigenvalue weighted by atomic mass is 16.3. The van der Waals surface area contributed by atoms with Crippen LogP contribution in [0.4, 0.5) is 0 Å². The SMILES string of the molecule is O=C(N[C@@H]1CN2CCCC[C@@]2(C(=O)NCCCO)C1)c1cn(-c2ccccc2)nn1. The highest BCUT2D eigenvalue weighted by molar-refractivity contribution is 5.92. The second kappa shape index (κ2) is 8.93. The van der Waals surface area contributed by atoms with Gasteiger partial charge in [-0.25, -0.2) is 4.68 Å². The molecule has 2 fully saturated rings. The standard InChI is InChI=1S/C21H28N6O3/c28-12-6-10-22-20(30)21-9-4-5-11-26(21)14-16(13-21)23-19(29)18-15-27(25-24-18)17-7-2-1-3-8-17/h1-3,7-8,15-16,28H,4-6,9-14H2,(H,22,30)(H,23,29)/t16-,21-/m0/s1. The van der Waals surface area contributed by atoms with Crippen LogP contribution in [-0.4, -0.2) is 74.6 Å². The lowest BCUT2D eigenvalue weighted by Gasteiger charge is -2.40. The lowest BCUT2D eigenvalue weighted by molar-refractivity contribution is -0.133. The Kier molecular flexibility index (Phi) is 6.10. The number of fused-ring (bicyclic) bond motifs is 1. The highest BCUT2D eigenvalue weighted by Crippen LogP contribution is 2.38. The number of carbonyl (C=O) groups is 2. The molecule has 160 valence electrons. The molecule has 2 atom stereocenters. The smallest absolute Gasteiger partial charge is 0.273 e. The third-order valence-corrected chi connectivity index (χ3v) is 6.02. The molecular formula is C21H28N6O3. The molecule has 9 nitrogen and oxygen atoms in total. The number of rotatable bonds is 7. The zero-order valence-electron chi connectivity index (χ0n) is 17.0. The summed E-state index contributed by atoms with van der Waals surface area (Å²) >= 11 is 0.